The summed E-state index contributed by atoms with van der Waals surface area (Å²) in [5.41, 5.74) is 6.86. The van der Waals surface area contributed by atoms with Gasteiger partial charge in [-0.2, -0.15) is 0 Å². The molecule has 0 aliphatic rings. The average molecular weight is 254 g/mol. The van der Waals surface area contributed by atoms with E-state index in [2.05, 4.69) is 14.9 Å². The topological polar surface area (TPSA) is 73.5 Å². The molecule has 0 fully saturated rings. The first-order valence-electron chi connectivity index (χ1n) is 6.06. The van der Waals surface area contributed by atoms with Gasteiger partial charge in [-0.1, -0.05) is 6.92 Å². The summed E-state index contributed by atoms with van der Waals surface area (Å²) in [5, 5.41) is 0. The van der Waals surface area contributed by atoms with E-state index < -0.39 is 0 Å². The first-order chi connectivity index (χ1) is 8.74. The standard InChI is InChI=1S/C12H22N4O2/c1-4-10-11(13)14-9-15-12(10)16(5-7-17-2)6-8-18-3/h9H,4-8H2,1-3H3,(H2,13,14,15). The number of nitrogens with two attached hydrogens (primary N) is 1. The van der Waals surface area contributed by atoms with Crippen LogP contribution in [-0.4, -0.2) is 50.5 Å². The molecule has 0 aromatic carbocycles. The Morgan fingerprint density at radius 3 is 2.28 bits per heavy atom. The normalized spacial score (nSPS) is 10.6. The summed E-state index contributed by atoms with van der Waals surface area (Å²) in [4.78, 5) is 10.5. The molecule has 18 heavy (non-hydrogen) atoms. The second-order valence-electron chi connectivity index (χ2n) is 3.89. The van der Waals surface area contributed by atoms with Crippen molar-refractivity contribution in [1.82, 2.24) is 9.97 Å². The van der Waals surface area contributed by atoms with E-state index in [1.165, 1.54) is 6.33 Å². The zero-order valence-electron chi connectivity index (χ0n) is 11.3. The molecule has 0 unspecified atom stereocenters. The minimum Gasteiger partial charge on any atom is -0.383 e. The van der Waals surface area contributed by atoms with Gasteiger partial charge in [-0.15, -0.1) is 0 Å². The van der Waals surface area contributed by atoms with Crippen molar-refractivity contribution in [2.45, 2.75) is 13.3 Å². The highest BCUT2D eigenvalue weighted by atomic mass is 16.5. The van der Waals surface area contributed by atoms with E-state index in [1.807, 2.05) is 6.92 Å². The molecule has 1 aromatic heterocycles. The number of ether oxygens (including phenoxy) is 2. The van der Waals surface area contributed by atoms with Crippen LogP contribution in [0.1, 0.15) is 12.5 Å². The molecule has 0 amide bonds. The van der Waals surface area contributed by atoms with Gasteiger partial charge in [-0.05, 0) is 6.42 Å². The van der Waals surface area contributed by atoms with Crippen LogP contribution in [0.15, 0.2) is 6.33 Å². The maximum Gasteiger partial charge on any atom is 0.137 e. The molecule has 1 heterocycles. The van der Waals surface area contributed by atoms with Crippen molar-refractivity contribution in [2.75, 3.05) is 51.2 Å². The number of methoxy groups -OCH3 is 2. The molecule has 0 saturated carbocycles. The lowest BCUT2D eigenvalue weighted by Crippen LogP contribution is -2.32. The van der Waals surface area contributed by atoms with Crippen molar-refractivity contribution < 1.29 is 9.47 Å². The fraction of sp³-hybridized carbons (Fsp3) is 0.667. The van der Waals surface area contributed by atoms with E-state index in [9.17, 15) is 0 Å². The SMILES string of the molecule is CCc1c(N)ncnc1N(CCOC)CCOC. The molecule has 6 heteroatoms. The van der Waals surface area contributed by atoms with Crippen molar-refractivity contribution in [2.24, 2.45) is 0 Å². The number of nitrogens with zero attached hydrogens (tertiary/aromatic N) is 3. The third kappa shape index (κ3) is 3.82. The number of nitrogen functional groups attached to an aromatic ring is 1. The van der Waals surface area contributed by atoms with Gasteiger partial charge in [0.1, 0.15) is 18.0 Å². The van der Waals surface area contributed by atoms with Crippen LogP contribution in [0.25, 0.3) is 0 Å². The van der Waals surface area contributed by atoms with E-state index in [0.29, 0.717) is 19.0 Å². The van der Waals surface area contributed by atoms with Gasteiger partial charge in [0.05, 0.1) is 13.2 Å². The van der Waals surface area contributed by atoms with Gasteiger partial charge >= 0.3 is 0 Å². The Balaban J connectivity index is 2.91. The van der Waals surface area contributed by atoms with E-state index in [0.717, 1.165) is 30.9 Å². The maximum absolute atomic E-state index is 5.89. The highest BCUT2D eigenvalue weighted by molar-refractivity contribution is 5.56. The Labute approximate surface area is 108 Å². The van der Waals surface area contributed by atoms with Crippen molar-refractivity contribution in [3.8, 4) is 0 Å². The molecule has 0 radical (unpaired) electrons. The third-order valence-electron chi connectivity index (χ3n) is 2.74. The summed E-state index contributed by atoms with van der Waals surface area (Å²) in [6.07, 6.45) is 2.30. The largest absolute Gasteiger partial charge is 0.383 e. The fourth-order valence-corrected chi connectivity index (χ4v) is 1.75. The molecular weight excluding hydrogens is 232 g/mol. The summed E-state index contributed by atoms with van der Waals surface area (Å²) >= 11 is 0. The average Bonchev–Trinajstić information content (AvgIpc) is 2.39. The fourth-order valence-electron chi connectivity index (χ4n) is 1.75. The molecule has 102 valence electrons. The molecule has 6 nitrogen and oxygen atoms in total. The lowest BCUT2D eigenvalue weighted by Gasteiger charge is -2.25. The molecule has 0 aliphatic heterocycles. The van der Waals surface area contributed by atoms with E-state index in [4.69, 9.17) is 15.2 Å². The quantitative estimate of drug-likeness (QED) is 0.737. The minimum absolute atomic E-state index is 0.544. The van der Waals surface area contributed by atoms with Gasteiger partial charge in [0, 0.05) is 32.9 Å². The highest BCUT2D eigenvalue weighted by Crippen LogP contribution is 2.21. The summed E-state index contributed by atoms with van der Waals surface area (Å²) in [6, 6.07) is 0. The third-order valence-corrected chi connectivity index (χ3v) is 2.74. The van der Waals surface area contributed by atoms with Crippen LogP contribution >= 0.6 is 0 Å². The minimum atomic E-state index is 0.544. The summed E-state index contributed by atoms with van der Waals surface area (Å²) < 4.78 is 10.2. The first-order valence-corrected chi connectivity index (χ1v) is 6.06. The summed E-state index contributed by atoms with van der Waals surface area (Å²) in [6.45, 7) is 4.82. The van der Waals surface area contributed by atoms with E-state index in [1.54, 1.807) is 14.2 Å². The molecule has 0 saturated heterocycles. The second-order valence-corrected chi connectivity index (χ2v) is 3.89. The Hall–Kier alpha value is -1.40. The van der Waals surface area contributed by atoms with Gasteiger partial charge < -0.3 is 20.1 Å². The predicted octanol–water partition coefficient (Wildman–Crippen LogP) is 0.720. The number of hydrogen-bond acceptors (Lipinski definition) is 6. The zero-order chi connectivity index (χ0) is 13.4. The first kappa shape index (κ1) is 14.7. The molecular formula is C12H22N4O2. The predicted molar refractivity (Wildman–Crippen MR) is 71.8 cm³/mol. The van der Waals surface area contributed by atoms with Crippen LogP contribution in [-0.2, 0) is 15.9 Å². The van der Waals surface area contributed by atoms with Crippen LogP contribution < -0.4 is 10.6 Å². The van der Waals surface area contributed by atoms with Gasteiger partial charge in [0.2, 0.25) is 0 Å². The Morgan fingerprint density at radius 1 is 1.17 bits per heavy atom. The summed E-state index contributed by atoms with van der Waals surface area (Å²) in [7, 11) is 3.37. The van der Waals surface area contributed by atoms with Crippen molar-refractivity contribution >= 4 is 11.6 Å². The Morgan fingerprint density at radius 2 is 1.78 bits per heavy atom. The lowest BCUT2D eigenvalue weighted by molar-refractivity contribution is 0.190. The van der Waals surface area contributed by atoms with Crippen LogP contribution in [0.2, 0.25) is 0 Å². The van der Waals surface area contributed by atoms with Gasteiger partial charge in [-0.25, -0.2) is 9.97 Å². The number of hydrogen-bond donors (Lipinski definition) is 1. The molecule has 0 spiro atoms. The molecule has 1 aromatic rings. The van der Waals surface area contributed by atoms with Crippen LogP contribution in [0.3, 0.4) is 0 Å². The smallest absolute Gasteiger partial charge is 0.137 e. The van der Waals surface area contributed by atoms with Gasteiger partial charge in [0.25, 0.3) is 0 Å². The Bertz CT molecular complexity index is 352. The van der Waals surface area contributed by atoms with Crippen molar-refractivity contribution in [3.63, 3.8) is 0 Å². The van der Waals surface area contributed by atoms with Crippen LogP contribution in [0.5, 0.6) is 0 Å². The van der Waals surface area contributed by atoms with Gasteiger partial charge in [-0.3, -0.25) is 0 Å². The maximum atomic E-state index is 5.89. The van der Waals surface area contributed by atoms with Crippen LogP contribution in [0, 0.1) is 0 Å². The van der Waals surface area contributed by atoms with Crippen molar-refractivity contribution in [1.29, 1.82) is 0 Å². The monoisotopic (exact) mass is 254 g/mol. The second kappa shape index (κ2) is 7.84. The van der Waals surface area contributed by atoms with Gasteiger partial charge in [0.15, 0.2) is 0 Å². The molecule has 0 aliphatic carbocycles. The lowest BCUT2D eigenvalue weighted by atomic mass is 10.2. The van der Waals surface area contributed by atoms with E-state index >= 15 is 0 Å². The molecule has 0 bridgehead atoms. The molecule has 2 N–H and O–H groups in total. The molecule has 0 atom stereocenters. The molecule has 1 rings (SSSR count). The van der Waals surface area contributed by atoms with E-state index in [-0.39, 0.29) is 0 Å². The number of rotatable bonds is 8. The number of aromatic nitrogens is 2. The Kier molecular flexibility index (Phi) is 6.38. The summed E-state index contributed by atoms with van der Waals surface area (Å²) in [5.74, 6) is 1.42. The zero-order valence-corrected chi connectivity index (χ0v) is 11.3. The highest BCUT2D eigenvalue weighted by Gasteiger charge is 2.14. The number of anilines is 2. The van der Waals surface area contributed by atoms with Crippen LogP contribution in [0.4, 0.5) is 11.6 Å². The van der Waals surface area contributed by atoms with Crippen molar-refractivity contribution in [3.05, 3.63) is 11.9 Å².